The van der Waals surface area contributed by atoms with E-state index in [1.807, 2.05) is 23.4 Å². The molecule has 146 valence electrons. The zero-order valence-electron chi connectivity index (χ0n) is 16.6. The van der Waals surface area contributed by atoms with Crippen LogP contribution in [0.4, 0.5) is 0 Å². The molecule has 7 heteroatoms. The molecule has 4 heterocycles. The molecule has 1 amide bonds. The molecule has 2 aromatic rings. The van der Waals surface area contributed by atoms with E-state index in [9.17, 15) is 4.79 Å². The summed E-state index contributed by atoms with van der Waals surface area (Å²) in [5.74, 6) is 1.44. The summed E-state index contributed by atoms with van der Waals surface area (Å²) in [5.41, 5.74) is 1.45. The number of amides is 1. The van der Waals surface area contributed by atoms with E-state index in [4.69, 9.17) is 0 Å². The summed E-state index contributed by atoms with van der Waals surface area (Å²) in [4.78, 5) is 21.6. The Bertz CT molecular complexity index is 788. The number of aromatic amines is 1. The Balaban J connectivity index is 1.35. The minimum Gasteiger partial charge on any atom is -0.334 e. The van der Waals surface area contributed by atoms with E-state index in [0.29, 0.717) is 30.2 Å². The second-order valence-electron chi connectivity index (χ2n) is 8.29. The van der Waals surface area contributed by atoms with Gasteiger partial charge in [0.1, 0.15) is 11.5 Å². The van der Waals surface area contributed by atoms with Crippen LogP contribution in [0.5, 0.6) is 0 Å². The number of H-pyrrole nitrogens is 1. The minimum atomic E-state index is 0.0353. The van der Waals surface area contributed by atoms with Crippen LogP contribution in [0, 0.1) is 0 Å². The Kier molecular flexibility index (Phi) is 5.04. The molecule has 2 aromatic heterocycles. The highest BCUT2D eigenvalue weighted by Gasteiger charge is 2.38. The van der Waals surface area contributed by atoms with Crippen molar-refractivity contribution in [1.29, 1.82) is 0 Å². The highest BCUT2D eigenvalue weighted by Crippen LogP contribution is 2.25. The van der Waals surface area contributed by atoms with Gasteiger partial charge in [-0.1, -0.05) is 20.3 Å². The van der Waals surface area contributed by atoms with Gasteiger partial charge in [0.15, 0.2) is 0 Å². The van der Waals surface area contributed by atoms with E-state index in [-0.39, 0.29) is 5.91 Å². The maximum Gasteiger partial charge on any atom is 0.274 e. The Hall–Kier alpha value is -2.15. The number of hydrogen-bond acceptors (Lipinski definition) is 4. The molecule has 0 bridgehead atoms. The topological polar surface area (TPSA) is 70.1 Å². The molecule has 0 saturated carbocycles. The number of nitrogens with zero attached hydrogens (tertiary/aromatic N) is 5. The number of carbonyl (C=O) groups excluding carboxylic acids is 1. The highest BCUT2D eigenvalue weighted by atomic mass is 16.2. The lowest BCUT2D eigenvalue weighted by Gasteiger charge is -2.49. The van der Waals surface area contributed by atoms with E-state index >= 15 is 0 Å². The van der Waals surface area contributed by atoms with Gasteiger partial charge in [-0.05, 0) is 32.4 Å². The van der Waals surface area contributed by atoms with Crippen molar-refractivity contribution in [1.82, 2.24) is 29.5 Å². The van der Waals surface area contributed by atoms with Gasteiger partial charge in [0, 0.05) is 43.5 Å². The van der Waals surface area contributed by atoms with Crippen molar-refractivity contribution < 1.29 is 4.79 Å². The first-order chi connectivity index (χ1) is 13.0. The maximum absolute atomic E-state index is 12.7. The molecule has 0 aliphatic carbocycles. The number of imidazole rings is 1. The number of rotatable bonds is 5. The zero-order valence-corrected chi connectivity index (χ0v) is 16.6. The Morgan fingerprint density at radius 3 is 2.89 bits per heavy atom. The molecule has 2 aliphatic heterocycles. The van der Waals surface area contributed by atoms with E-state index in [1.54, 1.807) is 0 Å². The van der Waals surface area contributed by atoms with Crippen molar-refractivity contribution in [3.8, 4) is 0 Å². The molecule has 1 N–H and O–H groups in total. The average Bonchev–Trinajstić information content (AvgIpc) is 3.25. The quantitative estimate of drug-likeness (QED) is 0.878. The normalized spacial score (nSPS) is 21.6. The van der Waals surface area contributed by atoms with Crippen LogP contribution < -0.4 is 0 Å². The molecular formula is C20H30N6O. The third kappa shape index (κ3) is 3.65. The largest absolute Gasteiger partial charge is 0.334 e. The summed E-state index contributed by atoms with van der Waals surface area (Å²) in [6, 6.07) is 3.04. The summed E-state index contributed by atoms with van der Waals surface area (Å²) >= 11 is 0. The molecule has 4 rings (SSSR count). The molecule has 27 heavy (non-hydrogen) atoms. The van der Waals surface area contributed by atoms with Crippen LogP contribution >= 0.6 is 0 Å². The number of nitrogens with one attached hydrogen (secondary N) is 1. The third-order valence-corrected chi connectivity index (χ3v) is 5.93. The second kappa shape index (κ2) is 7.46. The van der Waals surface area contributed by atoms with Crippen LogP contribution in [0.15, 0.2) is 18.5 Å². The molecule has 0 radical (unpaired) electrons. The first-order valence-electron chi connectivity index (χ1n) is 10.1. The maximum atomic E-state index is 12.7. The van der Waals surface area contributed by atoms with Crippen LogP contribution in [-0.4, -0.2) is 67.2 Å². The fourth-order valence-corrected chi connectivity index (χ4v) is 4.35. The average molecular weight is 371 g/mol. The van der Waals surface area contributed by atoms with Crippen LogP contribution in [0.25, 0.3) is 0 Å². The molecule has 1 unspecified atom stereocenters. The summed E-state index contributed by atoms with van der Waals surface area (Å²) in [6.45, 7) is 10.0. The highest BCUT2D eigenvalue weighted by molar-refractivity contribution is 5.93. The number of aromatic nitrogens is 4. The molecule has 1 atom stereocenters. The van der Waals surface area contributed by atoms with Crippen LogP contribution in [0.1, 0.15) is 68.0 Å². The summed E-state index contributed by atoms with van der Waals surface area (Å²) in [6.07, 6.45) is 7.68. The van der Waals surface area contributed by atoms with Gasteiger partial charge in [-0.15, -0.1) is 0 Å². The van der Waals surface area contributed by atoms with E-state index in [1.165, 1.54) is 25.8 Å². The van der Waals surface area contributed by atoms with Gasteiger partial charge >= 0.3 is 0 Å². The van der Waals surface area contributed by atoms with Crippen LogP contribution in [-0.2, 0) is 6.54 Å². The van der Waals surface area contributed by atoms with Gasteiger partial charge in [0.25, 0.3) is 5.91 Å². The molecule has 7 nitrogen and oxygen atoms in total. The standard InChI is InChI=1S/C20H30N6O/c1-14(2)19-21-7-9-24(19)11-16-10-18(23-22-16)20(27)25-12-17(13-25)26-8-5-4-6-15(26)3/h7,9-10,14-15,17H,4-6,8,11-13H2,1-3H3,(H,22,23). The predicted molar refractivity (Wildman–Crippen MR) is 104 cm³/mol. The summed E-state index contributed by atoms with van der Waals surface area (Å²) in [7, 11) is 0. The number of hydrogen-bond donors (Lipinski definition) is 1. The smallest absolute Gasteiger partial charge is 0.274 e. The fourth-order valence-electron chi connectivity index (χ4n) is 4.35. The van der Waals surface area contributed by atoms with Gasteiger partial charge < -0.3 is 9.47 Å². The fraction of sp³-hybridized carbons (Fsp3) is 0.650. The van der Waals surface area contributed by atoms with Crippen LogP contribution in [0.2, 0.25) is 0 Å². The number of carbonyl (C=O) groups is 1. The molecule has 2 aliphatic rings. The summed E-state index contributed by atoms with van der Waals surface area (Å²) < 4.78 is 2.10. The van der Waals surface area contributed by atoms with E-state index < -0.39 is 0 Å². The lowest BCUT2D eigenvalue weighted by atomic mass is 9.97. The van der Waals surface area contributed by atoms with Crippen molar-refractivity contribution in [2.45, 2.75) is 64.6 Å². The Morgan fingerprint density at radius 1 is 1.33 bits per heavy atom. The SMILES string of the molecule is CC(C)c1nccn1Cc1cc(C(=O)N2CC(N3CCCCC3C)C2)n[nH]1. The van der Waals surface area contributed by atoms with Crippen molar-refractivity contribution in [3.63, 3.8) is 0 Å². The van der Waals surface area contributed by atoms with E-state index in [0.717, 1.165) is 24.6 Å². The Labute approximate surface area is 160 Å². The third-order valence-electron chi connectivity index (χ3n) is 5.93. The number of piperidine rings is 1. The van der Waals surface area contributed by atoms with Crippen LogP contribution in [0.3, 0.4) is 0 Å². The molecule has 0 spiro atoms. The molecule has 0 aromatic carbocycles. The Morgan fingerprint density at radius 2 is 2.15 bits per heavy atom. The lowest BCUT2D eigenvalue weighted by Crippen LogP contribution is -2.63. The van der Waals surface area contributed by atoms with E-state index in [2.05, 4.69) is 45.4 Å². The number of likely N-dealkylation sites (tertiary alicyclic amines) is 2. The van der Waals surface area contributed by atoms with Crippen molar-refractivity contribution in [3.05, 3.63) is 35.7 Å². The first-order valence-corrected chi connectivity index (χ1v) is 10.1. The molecule has 2 saturated heterocycles. The summed E-state index contributed by atoms with van der Waals surface area (Å²) in [5, 5.41) is 7.28. The van der Waals surface area contributed by atoms with Gasteiger partial charge in [0.2, 0.25) is 0 Å². The van der Waals surface area contributed by atoms with Crippen molar-refractivity contribution in [2.75, 3.05) is 19.6 Å². The zero-order chi connectivity index (χ0) is 19.0. The van der Waals surface area contributed by atoms with Gasteiger partial charge in [-0.3, -0.25) is 14.8 Å². The monoisotopic (exact) mass is 370 g/mol. The molecule has 2 fully saturated rings. The van der Waals surface area contributed by atoms with Crippen molar-refractivity contribution in [2.24, 2.45) is 0 Å². The van der Waals surface area contributed by atoms with Gasteiger partial charge in [-0.2, -0.15) is 5.10 Å². The van der Waals surface area contributed by atoms with Gasteiger partial charge in [0.05, 0.1) is 12.2 Å². The lowest BCUT2D eigenvalue weighted by molar-refractivity contribution is 0.00181. The minimum absolute atomic E-state index is 0.0353. The molecular weight excluding hydrogens is 340 g/mol. The first kappa shape index (κ1) is 18.2. The second-order valence-corrected chi connectivity index (χ2v) is 8.29. The van der Waals surface area contributed by atoms with Gasteiger partial charge in [-0.25, -0.2) is 4.98 Å². The predicted octanol–water partition coefficient (Wildman–Crippen LogP) is 2.48. The van der Waals surface area contributed by atoms with Crippen molar-refractivity contribution >= 4 is 5.91 Å².